The van der Waals surface area contributed by atoms with Crippen molar-refractivity contribution in [1.29, 1.82) is 0 Å². The highest BCUT2D eigenvalue weighted by atomic mass is 16.5. The van der Waals surface area contributed by atoms with Gasteiger partial charge in [0.2, 0.25) is 0 Å². The lowest BCUT2D eigenvalue weighted by molar-refractivity contribution is 0.0956. The van der Waals surface area contributed by atoms with Crippen LogP contribution in [0.3, 0.4) is 0 Å². The molecule has 0 unspecified atom stereocenters. The van der Waals surface area contributed by atoms with Crippen molar-refractivity contribution in [1.82, 2.24) is 15.0 Å². The lowest BCUT2D eigenvalue weighted by atomic mass is 10.2. The number of fused-ring (bicyclic) bond motifs is 1. The molecule has 1 amide bonds. The van der Waals surface area contributed by atoms with Gasteiger partial charge >= 0.3 is 0 Å². The third-order valence-electron chi connectivity index (χ3n) is 3.39. The van der Waals surface area contributed by atoms with Gasteiger partial charge in [-0.1, -0.05) is 23.4 Å². The smallest absolute Gasteiger partial charge is 0.268 e. The van der Waals surface area contributed by atoms with E-state index in [0.717, 1.165) is 22.3 Å². The zero-order valence-electron chi connectivity index (χ0n) is 11.6. The molecular formula is C15H15N3O2. The van der Waals surface area contributed by atoms with E-state index >= 15 is 0 Å². The van der Waals surface area contributed by atoms with E-state index in [1.165, 1.54) is 0 Å². The molecule has 0 spiro atoms. The van der Waals surface area contributed by atoms with E-state index in [-0.39, 0.29) is 5.91 Å². The molecule has 2 aromatic heterocycles. The fraction of sp³-hybridized carbons (Fsp3) is 0.200. The Hall–Kier alpha value is -2.56. The van der Waals surface area contributed by atoms with Gasteiger partial charge in [0.25, 0.3) is 5.91 Å². The summed E-state index contributed by atoms with van der Waals surface area (Å²) < 4.78 is 7.13. The molecule has 2 heterocycles. The van der Waals surface area contributed by atoms with E-state index < -0.39 is 0 Å². The highest BCUT2D eigenvalue weighted by Crippen LogP contribution is 2.28. The van der Waals surface area contributed by atoms with Crippen LogP contribution in [0, 0.1) is 13.8 Å². The van der Waals surface area contributed by atoms with Gasteiger partial charge in [-0.05, 0) is 26.0 Å². The molecule has 0 aliphatic heterocycles. The van der Waals surface area contributed by atoms with Crippen molar-refractivity contribution in [3.63, 3.8) is 0 Å². The molecule has 0 saturated heterocycles. The van der Waals surface area contributed by atoms with Crippen LogP contribution in [0.2, 0.25) is 0 Å². The second-order valence-corrected chi connectivity index (χ2v) is 4.68. The summed E-state index contributed by atoms with van der Waals surface area (Å²) in [4.78, 5) is 12.1. The first kappa shape index (κ1) is 12.5. The Morgan fingerprint density at radius 3 is 2.70 bits per heavy atom. The van der Waals surface area contributed by atoms with Crippen LogP contribution in [0.15, 0.2) is 34.9 Å². The van der Waals surface area contributed by atoms with Crippen molar-refractivity contribution in [2.24, 2.45) is 0 Å². The number of para-hydroxylation sites is 1. The average Bonchev–Trinajstić information content (AvgIpc) is 2.98. The molecule has 0 aliphatic rings. The van der Waals surface area contributed by atoms with Crippen LogP contribution >= 0.6 is 0 Å². The van der Waals surface area contributed by atoms with Crippen molar-refractivity contribution in [3.8, 4) is 5.69 Å². The fourth-order valence-corrected chi connectivity index (χ4v) is 2.49. The predicted octanol–water partition coefficient (Wildman–Crippen LogP) is 2.59. The number of aryl methyl sites for hydroxylation is 2. The van der Waals surface area contributed by atoms with Crippen molar-refractivity contribution in [2.45, 2.75) is 13.8 Å². The predicted molar refractivity (Wildman–Crippen MR) is 76.2 cm³/mol. The number of aromatic nitrogens is 2. The van der Waals surface area contributed by atoms with E-state index in [0.29, 0.717) is 11.5 Å². The van der Waals surface area contributed by atoms with Gasteiger partial charge in [-0.25, -0.2) is 0 Å². The van der Waals surface area contributed by atoms with E-state index in [1.807, 2.05) is 48.7 Å². The minimum Gasteiger partial charge on any atom is -0.359 e. The molecule has 1 N–H and O–H groups in total. The molecule has 0 fully saturated rings. The van der Waals surface area contributed by atoms with Gasteiger partial charge in [0, 0.05) is 12.4 Å². The Labute approximate surface area is 116 Å². The van der Waals surface area contributed by atoms with E-state index in [2.05, 4.69) is 10.5 Å². The second-order valence-electron chi connectivity index (χ2n) is 4.68. The normalized spacial score (nSPS) is 10.9. The molecule has 0 radical (unpaired) electrons. The van der Waals surface area contributed by atoms with Crippen molar-refractivity contribution < 1.29 is 9.32 Å². The third kappa shape index (κ3) is 1.71. The van der Waals surface area contributed by atoms with E-state index in [9.17, 15) is 4.79 Å². The summed E-state index contributed by atoms with van der Waals surface area (Å²) >= 11 is 0. The van der Waals surface area contributed by atoms with Crippen LogP contribution in [0.4, 0.5) is 0 Å². The zero-order chi connectivity index (χ0) is 14.3. The molecule has 0 saturated carbocycles. The Bertz CT molecular complexity index is 779. The Kier molecular flexibility index (Phi) is 2.82. The zero-order valence-corrected chi connectivity index (χ0v) is 11.6. The largest absolute Gasteiger partial charge is 0.359 e. The molecule has 20 heavy (non-hydrogen) atoms. The number of carbonyl (C=O) groups excluding carboxylic acids is 1. The van der Waals surface area contributed by atoms with Crippen molar-refractivity contribution >= 4 is 16.8 Å². The molecule has 0 bridgehead atoms. The van der Waals surface area contributed by atoms with Gasteiger partial charge in [-0.3, -0.25) is 4.79 Å². The van der Waals surface area contributed by atoms with Crippen LogP contribution in [0.25, 0.3) is 16.6 Å². The Balaban J connectivity index is 2.41. The standard InChI is InChI=1S/C15H15N3O2/c1-9-14(10(2)20-17-9)18-12-7-5-4-6-11(12)8-13(18)15(19)16-3/h4-8H,1-3H3,(H,16,19). The van der Waals surface area contributed by atoms with Gasteiger partial charge in [-0.2, -0.15) is 0 Å². The lowest BCUT2D eigenvalue weighted by Gasteiger charge is -2.09. The summed E-state index contributed by atoms with van der Waals surface area (Å²) in [5.41, 5.74) is 3.11. The number of nitrogens with zero attached hydrogens (tertiary/aromatic N) is 2. The SMILES string of the molecule is CNC(=O)c1cc2ccccc2n1-c1c(C)noc1C. The van der Waals surface area contributed by atoms with Crippen LogP contribution in [0.1, 0.15) is 21.9 Å². The number of hydrogen-bond acceptors (Lipinski definition) is 3. The van der Waals surface area contributed by atoms with Crippen molar-refractivity contribution in [3.05, 3.63) is 47.5 Å². The summed E-state index contributed by atoms with van der Waals surface area (Å²) in [5.74, 6) is 0.551. The van der Waals surface area contributed by atoms with Gasteiger partial charge in [0.1, 0.15) is 17.1 Å². The van der Waals surface area contributed by atoms with Gasteiger partial charge in [0.05, 0.1) is 5.52 Å². The van der Waals surface area contributed by atoms with Crippen LogP contribution in [-0.2, 0) is 0 Å². The molecule has 5 heteroatoms. The molecule has 3 aromatic rings. The summed E-state index contributed by atoms with van der Waals surface area (Å²) in [6, 6.07) is 9.74. The van der Waals surface area contributed by atoms with Crippen LogP contribution in [-0.4, -0.2) is 22.7 Å². The number of nitrogens with one attached hydrogen (secondary N) is 1. The van der Waals surface area contributed by atoms with Gasteiger partial charge in [-0.15, -0.1) is 0 Å². The average molecular weight is 269 g/mol. The number of benzene rings is 1. The molecule has 0 aliphatic carbocycles. The monoisotopic (exact) mass is 269 g/mol. The fourth-order valence-electron chi connectivity index (χ4n) is 2.49. The number of carbonyl (C=O) groups is 1. The molecule has 0 atom stereocenters. The van der Waals surface area contributed by atoms with Crippen molar-refractivity contribution in [2.75, 3.05) is 7.05 Å². The quantitative estimate of drug-likeness (QED) is 0.778. The Morgan fingerprint density at radius 1 is 1.30 bits per heavy atom. The molecule has 102 valence electrons. The topological polar surface area (TPSA) is 60.1 Å². The number of rotatable bonds is 2. The lowest BCUT2D eigenvalue weighted by Crippen LogP contribution is -2.21. The third-order valence-corrected chi connectivity index (χ3v) is 3.39. The first-order valence-corrected chi connectivity index (χ1v) is 6.39. The summed E-state index contributed by atoms with van der Waals surface area (Å²) in [6.45, 7) is 3.71. The molecule has 1 aromatic carbocycles. The maximum Gasteiger partial charge on any atom is 0.268 e. The highest BCUT2D eigenvalue weighted by molar-refractivity contribution is 6.00. The van der Waals surface area contributed by atoms with Crippen LogP contribution in [0.5, 0.6) is 0 Å². The Morgan fingerprint density at radius 2 is 2.05 bits per heavy atom. The van der Waals surface area contributed by atoms with Gasteiger partial charge in [0.15, 0.2) is 5.76 Å². The molecule has 3 rings (SSSR count). The number of hydrogen-bond donors (Lipinski definition) is 1. The maximum absolute atomic E-state index is 12.1. The molecular weight excluding hydrogens is 254 g/mol. The maximum atomic E-state index is 12.1. The second kappa shape index (κ2) is 4.52. The summed E-state index contributed by atoms with van der Waals surface area (Å²) in [7, 11) is 1.62. The first-order valence-electron chi connectivity index (χ1n) is 6.39. The van der Waals surface area contributed by atoms with Gasteiger partial charge < -0.3 is 14.4 Å². The van der Waals surface area contributed by atoms with Crippen LogP contribution < -0.4 is 5.32 Å². The summed E-state index contributed by atoms with van der Waals surface area (Å²) in [5, 5.41) is 7.66. The molecule has 5 nitrogen and oxygen atoms in total. The minimum atomic E-state index is -0.138. The number of amides is 1. The summed E-state index contributed by atoms with van der Waals surface area (Å²) in [6.07, 6.45) is 0. The van der Waals surface area contributed by atoms with E-state index in [1.54, 1.807) is 7.05 Å². The highest BCUT2D eigenvalue weighted by Gasteiger charge is 2.20. The first-order chi connectivity index (χ1) is 9.63. The van der Waals surface area contributed by atoms with E-state index in [4.69, 9.17) is 4.52 Å². The minimum absolute atomic E-state index is 0.138.